The fraction of sp³-hybridized carbons (Fsp3) is 0.136. The second kappa shape index (κ2) is 9.82. The lowest BCUT2D eigenvalue weighted by atomic mass is 10.1. The van der Waals surface area contributed by atoms with Gasteiger partial charge in [-0.25, -0.2) is 0 Å². The van der Waals surface area contributed by atoms with Crippen molar-refractivity contribution in [2.75, 3.05) is 0 Å². The highest BCUT2D eigenvalue weighted by atomic mass is 35.5. The Balaban J connectivity index is 0.00000240. The minimum absolute atomic E-state index is 0. The fourth-order valence-electron chi connectivity index (χ4n) is 2.86. The van der Waals surface area contributed by atoms with Gasteiger partial charge in [-0.1, -0.05) is 65.3 Å². The van der Waals surface area contributed by atoms with Gasteiger partial charge < -0.3 is 10.1 Å². The molecule has 148 valence electrons. The minimum atomic E-state index is 0. The van der Waals surface area contributed by atoms with Crippen LogP contribution in [-0.2, 0) is 13.1 Å². The molecule has 0 amide bonds. The number of hydrogen-bond donors (Lipinski definition) is 1. The van der Waals surface area contributed by atoms with Crippen molar-refractivity contribution in [3.63, 3.8) is 0 Å². The molecule has 4 aromatic rings. The monoisotopic (exact) mass is 407 g/mol. The first-order valence-corrected chi connectivity index (χ1v) is 9.15. The van der Waals surface area contributed by atoms with E-state index in [2.05, 4.69) is 58.1 Å². The molecular weight excluding hydrogens is 386 g/mol. The summed E-state index contributed by atoms with van der Waals surface area (Å²) in [7, 11) is 0. The van der Waals surface area contributed by atoms with Gasteiger partial charge in [-0.05, 0) is 52.7 Å². The topological polar surface area (TPSA) is 64.9 Å². The minimum Gasteiger partial charge on any atom is -0.423 e. The Kier molecular flexibility index (Phi) is 6.94. The molecule has 0 saturated carbocycles. The van der Waals surface area contributed by atoms with Crippen LogP contribution in [0, 0.1) is 6.92 Å². The van der Waals surface area contributed by atoms with E-state index < -0.39 is 0 Å². The first-order chi connectivity index (χ1) is 13.8. The molecule has 0 bridgehead atoms. The maximum absolute atomic E-state index is 5.92. The lowest BCUT2D eigenvalue weighted by Gasteiger charge is -2.09. The molecule has 0 aliphatic rings. The Morgan fingerprint density at radius 2 is 1.62 bits per heavy atom. The number of tetrazole rings is 1. The molecule has 1 aromatic heterocycles. The van der Waals surface area contributed by atoms with E-state index in [0.717, 1.165) is 24.3 Å². The highest BCUT2D eigenvalue weighted by Gasteiger charge is 2.10. The van der Waals surface area contributed by atoms with E-state index in [1.165, 1.54) is 11.1 Å². The van der Waals surface area contributed by atoms with E-state index in [0.29, 0.717) is 11.8 Å². The van der Waals surface area contributed by atoms with E-state index >= 15 is 0 Å². The van der Waals surface area contributed by atoms with Gasteiger partial charge in [0.2, 0.25) is 0 Å². The van der Waals surface area contributed by atoms with Crippen molar-refractivity contribution in [2.45, 2.75) is 20.0 Å². The highest BCUT2D eigenvalue weighted by molar-refractivity contribution is 5.85. The Hall–Kier alpha value is -3.22. The Bertz CT molecular complexity index is 1030. The molecule has 0 atom stereocenters. The number of nitrogens with zero attached hydrogens (tertiary/aromatic N) is 4. The van der Waals surface area contributed by atoms with Crippen LogP contribution in [0.4, 0.5) is 0 Å². The van der Waals surface area contributed by atoms with Crippen LogP contribution in [0.15, 0.2) is 78.9 Å². The number of halogens is 1. The number of benzene rings is 3. The molecule has 0 aliphatic heterocycles. The molecule has 0 fully saturated rings. The van der Waals surface area contributed by atoms with Gasteiger partial charge in [0.15, 0.2) is 0 Å². The molecule has 1 N–H and O–H groups in total. The molecular formula is C22H22ClN5O. The predicted molar refractivity (Wildman–Crippen MR) is 115 cm³/mol. The number of nitrogens with one attached hydrogen (secondary N) is 1. The zero-order valence-corrected chi connectivity index (χ0v) is 16.8. The van der Waals surface area contributed by atoms with Crippen LogP contribution >= 0.6 is 12.4 Å². The average Bonchev–Trinajstić information content (AvgIpc) is 3.19. The normalized spacial score (nSPS) is 10.4. The maximum atomic E-state index is 5.92. The smallest absolute Gasteiger partial charge is 0.345 e. The Morgan fingerprint density at radius 1 is 0.862 bits per heavy atom. The lowest BCUT2D eigenvalue weighted by molar-refractivity contribution is 0.426. The number of aromatic nitrogens is 4. The van der Waals surface area contributed by atoms with Gasteiger partial charge in [0.25, 0.3) is 0 Å². The molecule has 0 unspecified atom stereocenters. The summed E-state index contributed by atoms with van der Waals surface area (Å²) in [6, 6.07) is 26.5. The third-order valence-corrected chi connectivity index (χ3v) is 4.33. The molecule has 1 heterocycles. The molecule has 0 spiro atoms. The van der Waals surface area contributed by atoms with Gasteiger partial charge in [-0.15, -0.1) is 12.4 Å². The van der Waals surface area contributed by atoms with Crippen molar-refractivity contribution in [1.82, 2.24) is 25.5 Å². The first kappa shape index (κ1) is 20.5. The molecule has 4 rings (SSSR count). The number of para-hydroxylation sites is 1. The summed E-state index contributed by atoms with van der Waals surface area (Å²) in [5.74, 6) is 0.696. The number of aryl methyl sites for hydroxylation is 1. The quantitative estimate of drug-likeness (QED) is 0.489. The lowest BCUT2D eigenvalue weighted by Crippen LogP contribution is -2.12. The molecule has 29 heavy (non-hydrogen) atoms. The van der Waals surface area contributed by atoms with E-state index in [-0.39, 0.29) is 12.4 Å². The van der Waals surface area contributed by atoms with Gasteiger partial charge in [-0.3, -0.25) is 0 Å². The molecule has 7 heteroatoms. The molecule has 0 radical (unpaired) electrons. The highest BCUT2D eigenvalue weighted by Crippen LogP contribution is 2.22. The van der Waals surface area contributed by atoms with Crippen LogP contribution in [0.3, 0.4) is 0 Å². The molecule has 3 aromatic carbocycles. The predicted octanol–water partition coefficient (Wildman–Crippen LogP) is 4.47. The van der Waals surface area contributed by atoms with Crippen molar-refractivity contribution < 1.29 is 4.74 Å². The largest absolute Gasteiger partial charge is 0.423 e. The summed E-state index contributed by atoms with van der Waals surface area (Å²) in [4.78, 5) is 0. The summed E-state index contributed by atoms with van der Waals surface area (Å²) >= 11 is 0. The van der Waals surface area contributed by atoms with Crippen LogP contribution in [-0.4, -0.2) is 20.2 Å². The van der Waals surface area contributed by atoms with Crippen LogP contribution in [0.1, 0.15) is 16.7 Å². The van der Waals surface area contributed by atoms with Gasteiger partial charge in [0, 0.05) is 13.1 Å². The third kappa shape index (κ3) is 5.40. The van der Waals surface area contributed by atoms with Gasteiger partial charge in [0.1, 0.15) is 5.75 Å². The van der Waals surface area contributed by atoms with Gasteiger partial charge in [-0.2, -0.15) is 4.68 Å². The zero-order chi connectivity index (χ0) is 19.2. The number of rotatable bonds is 7. The maximum Gasteiger partial charge on any atom is 0.345 e. The van der Waals surface area contributed by atoms with E-state index in [4.69, 9.17) is 4.74 Å². The Morgan fingerprint density at radius 3 is 2.41 bits per heavy atom. The summed E-state index contributed by atoms with van der Waals surface area (Å²) in [6.07, 6.45) is 0. The van der Waals surface area contributed by atoms with Crippen LogP contribution in [0.5, 0.6) is 11.8 Å². The SMILES string of the molecule is Cc1ccc(CNCc2cccc(Oc3nnnn3-c3ccccc3)c2)cc1.Cl. The van der Waals surface area contributed by atoms with E-state index in [1.807, 2.05) is 48.5 Å². The number of ether oxygens (including phenoxy) is 1. The van der Waals surface area contributed by atoms with Crippen LogP contribution in [0.2, 0.25) is 0 Å². The van der Waals surface area contributed by atoms with Crippen molar-refractivity contribution in [2.24, 2.45) is 0 Å². The Labute approximate surface area is 175 Å². The molecule has 6 nitrogen and oxygen atoms in total. The second-order valence-corrected chi connectivity index (χ2v) is 6.55. The zero-order valence-electron chi connectivity index (χ0n) is 16.0. The number of hydrogen-bond acceptors (Lipinski definition) is 5. The summed E-state index contributed by atoms with van der Waals surface area (Å²) in [6.45, 7) is 3.66. The van der Waals surface area contributed by atoms with Crippen molar-refractivity contribution in [3.8, 4) is 17.4 Å². The summed E-state index contributed by atoms with van der Waals surface area (Å²) < 4.78 is 7.49. The van der Waals surface area contributed by atoms with Crippen LogP contribution < -0.4 is 10.1 Å². The fourth-order valence-corrected chi connectivity index (χ4v) is 2.86. The van der Waals surface area contributed by atoms with E-state index in [9.17, 15) is 0 Å². The van der Waals surface area contributed by atoms with Crippen LogP contribution in [0.25, 0.3) is 5.69 Å². The van der Waals surface area contributed by atoms with Crippen molar-refractivity contribution >= 4 is 12.4 Å². The van der Waals surface area contributed by atoms with Crippen molar-refractivity contribution in [3.05, 3.63) is 95.6 Å². The van der Waals surface area contributed by atoms with E-state index in [1.54, 1.807) is 4.68 Å². The first-order valence-electron chi connectivity index (χ1n) is 9.15. The summed E-state index contributed by atoms with van der Waals surface area (Å²) in [5, 5.41) is 15.2. The summed E-state index contributed by atoms with van der Waals surface area (Å²) in [5.41, 5.74) is 4.51. The molecule has 0 saturated heterocycles. The van der Waals surface area contributed by atoms with Gasteiger partial charge >= 0.3 is 6.01 Å². The van der Waals surface area contributed by atoms with Gasteiger partial charge in [0.05, 0.1) is 5.69 Å². The van der Waals surface area contributed by atoms with Crippen molar-refractivity contribution in [1.29, 1.82) is 0 Å². The third-order valence-electron chi connectivity index (χ3n) is 4.33. The average molecular weight is 408 g/mol. The molecule has 0 aliphatic carbocycles. The standard InChI is InChI=1S/C22H21N5O.ClH/c1-17-10-12-18(13-11-17)15-23-16-19-6-5-9-21(14-19)28-22-24-25-26-27(22)20-7-3-2-4-8-20;/h2-14,23H,15-16H2,1H3;1H. The second-order valence-electron chi connectivity index (χ2n) is 6.55.